The molecule has 118 valence electrons. The molecule has 20 heavy (non-hydrogen) atoms. The standard InChI is InChI=1S/C14H26N2O2S.ClH/c1-2-19-12-5-3-4-11(10-12)16-13(17)14(15)6-8-18-9-7-14;/h11-12H,2-10,15H2,1H3,(H,16,17);1H. The predicted molar refractivity (Wildman–Crippen MR) is 86.5 cm³/mol. The maximum atomic E-state index is 12.4. The molecule has 1 aliphatic heterocycles. The Balaban J connectivity index is 0.00000200. The van der Waals surface area contributed by atoms with Gasteiger partial charge >= 0.3 is 0 Å². The molecule has 2 rings (SSSR count). The Morgan fingerprint density at radius 1 is 1.40 bits per heavy atom. The van der Waals surface area contributed by atoms with Gasteiger partial charge in [-0.15, -0.1) is 12.4 Å². The molecule has 0 aromatic rings. The Kier molecular flexibility index (Phi) is 7.65. The van der Waals surface area contributed by atoms with Crippen molar-refractivity contribution in [3.63, 3.8) is 0 Å². The second kappa shape index (κ2) is 8.47. The largest absolute Gasteiger partial charge is 0.381 e. The molecule has 0 bridgehead atoms. The summed E-state index contributed by atoms with van der Waals surface area (Å²) in [5.74, 6) is 1.19. The summed E-state index contributed by atoms with van der Waals surface area (Å²) in [4.78, 5) is 12.4. The zero-order valence-corrected chi connectivity index (χ0v) is 13.9. The van der Waals surface area contributed by atoms with Gasteiger partial charge in [0.15, 0.2) is 0 Å². The quantitative estimate of drug-likeness (QED) is 0.832. The van der Waals surface area contributed by atoms with Gasteiger partial charge in [-0.05, 0) is 37.9 Å². The maximum Gasteiger partial charge on any atom is 0.240 e. The Morgan fingerprint density at radius 2 is 2.10 bits per heavy atom. The number of nitrogens with two attached hydrogens (primary N) is 1. The lowest BCUT2D eigenvalue weighted by molar-refractivity contribution is -0.130. The molecule has 2 fully saturated rings. The molecule has 0 aromatic carbocycles. The van der Waals surface area contributed by atoms with Crippen molar-refractivity contribution in [3.8, 4) is 0 Å². The summed E-state index contributed by atoms with van der Waals surface area (Å²) < 4.78 is 5.29. The lowest BCUT2D eigenvalue weighted by atomic mass is 9.88. The van der Waals surface area contributed by atoms with E-state index in [4.69, 9.17) is 10.5 Å². The molecule has 0 spiro atoms. The first-order chi connectivity index (χ1) is 9.14. The number of ether oxygens (including phenoxy) is 1. The molecule has 1 amide bonds. The monoisotopic (exact) mass is 322 g/mol. The van der Waals surface area contributed by atoms with E-state index in [-0.39, 0.29) is 18.3 Å². The normalized spacial score (nSPS) is 29.3. The fourth-order valence-electron chi connectivity index (χ4n) is 2.95. The van der Waals surface area contributed by atoms with Gasteiger partial charge < -0.3 is 15.8 Å². The number of carbonyl (C=O) groups excluding carboxylic acids is 1. The van der Waals surface area contributed by atoms with Crippen LogP contribution >= 0.6 is 24.2 Å². The van der Waals surface area contributed by atoms with Gasteiger partial charge in [-0.2, -0.15) is 11.8 Å². The molecular weight excluding hydrogens is 296 g/mol. The summed E-state index contributed by atoms with van der Waals surface area (Å²) in [5, 5.41) is 3.89. The molecule has 2 unspecified atom stereocenters. The number of hydrogen-bond donors (Lipinski definition) is 2. The third-order valence-electron chi connectivity index (χ3n) is 4.20. The maximum absolute atomic E-state index is 12.4. The molecule has 0 aromatic heterocycles. The van der Waals surface area contributed by atoms with Crippen LogP contribution in [-0.2, 0) is 9.53 Å². The van der Waals surface area contributed by atoms with E-state index < -0.39 is 5.54 Å². The molecule has 1 saturated heterocycles. The molecule has 4 nitrogen and oxygen atoms in total. The summed E-state index contributed by atoms with van der Waals surface area (Å²) in [6.07, 6.45) is 5.96. The summed E-state index contributed by atoms with van der Waals surface area (Å²) in [6, 6.07) is 0.313. The first-order valence-electron chi connectivity index (χ1n) is 7.43. The van der Waals surface area contributed by atoms with Crippen molar-refractivity contribution in [2.45, 2.75) is 62.3 Å². The molecular formula is C14H27ClN2O2S. The predicted octanol–water partition coefficient (Wildman–Crippen LogP) is 2.10. The van der Waals surface area contributed by atoms with Crippen LogP contribution in [0.5, 0.6) is 0 Å². The number of rotatable bonds is 4. The third-order valence-corrected chi connectivity index (χ3v) is 5.43. The molecule has 0 radical (unpaired) electrons. The lowest BCUT2D eigenvalue weighted by Crippen LogP contribution is -2.59. The van der Waals surface area contributed by atoms with Crippen molar-refractivity contribution in [1.82, 2.24) is 5.32 Å². The van der Waals surface area contributed by atoms with E-state index in [2.05, 4.69) is 12.2 Å². The molecule has 2 atom stereocenters. The Labute approximate surface area is 132 Å². The van der Waals surface area contributed by atoms with Crippen LogP contribution in [0.2, 0.25) is 0 Å². The van der Waals surface area contributed by atoms with E-state index in [1.54, 1.807) is 0 Å². The van der Waals surface area contributed by atoms with Gasteiger partial charge in [0.05, 0.1) is 5.54 Å². The SMILES string of the molecule is CCSC1CCCC(NC(=O)C2(N)CCOCC2)C1.Cl. The van der Waals surface area contributed by atoms with E-state index in [0.29, 0.717) is 37.3 Å². The lowest BCUT2D eigenvalue weighted by Gasteiger charge is -2.35. The van der Waals surface area contributed by atoms with Gasteiger partial charge in [0.25, 0.3) is 0 Å². The highest BCUT2D eigenvalue weighted by Crippen LogP contribution is 2.29. The Morgan fingerprint density at radius 3 is 2.75 bits per heavy atom. The Hall–Kier alpha value is 0.0300. The van der Waals surface area contributed by atoms with Gasteiger partial charge in [0.2, 0.25) is 5.91 Å². The van der Waals surface area contributed by atoms with Crippen LogP contribution in [0.25, 0.3) is 0 Å². The average Bonchev–Trinajstić information content (AvgIpc) is 2.40. The highest BCUT2D eigenvalue weighted by molar-refractivity contribution is 7.99. The third kappa shape index (κ3) is 4.79. The van der Waals surface area contributed by atoms with Crippen LogP contribution in [0.15, 0.2) is 0 Å². The smallest absolute Gasteiger partial charge is 0.240 e. The molecule has 6 heteroatoms. The molecule has 2 aliphatic rings. The van der Waals surface area contributed by atoms with Crippen LogP contribution < -0.4 is 11.1 Å². The second-order valence-electron chi connectivity index (χ2n) is 5.68. The van der Waals surface area contributed by atoms with Crippen molar-refractivity contribution in [2.24, 2.45) is 5.73 Å². The second-order valence-corrected chi connectivity index (χ2v) is 7.26. The minimum Gasteiger partial charge on any atom is -0.381 e. The van der Waals surface area contributed by atoms with E-state index in [9.17, 15) is 4.79 Å². The first-order valence-corrected chi connectivity index (χ1v) is 8.48. The average molecular weight is 323 g/mol. The van der Waals surface area contributed by atoms with Crippen LogP contribution in [-0.4, -0.2) is 41.7 Å². The van der Waals surface area contributed by atoms with Crippen molar-refractivity contribution >= 4 is 30.1 Å². The number of thioether (sulfide) groups is 1. The van der Waals surface area contributed by atoms with Gasteiger partial charge in [0.1, 0.15) is 0 Å². The fourth-order valence-corrected chi connectivity index (χ4v) is 4.13. The number of amides is 1. The van der Waals surface area contributed by atoms with E-state index in [1.807, 2.05) is 11.8 Å². The number of hydrogen-bond acceptors (Lipinski definition) is 4. The fraction of sp³-hybridized carbons (Fsp3) is 0.929. The van der Waals surface area contributed by atoms with Gasteiger partial charge in [-0.1, -0.05) is 13.3 Å². The number of nitrogens with one attached hydrogen (secondary N) is 1. The summed E-state index contributed by atoms with van der Waals surface area (Å²) in [5.41, 5.74) is 5.51. The van der Waals surface area contributed by atoms with Crippen molar-refractivity contribution in [2.75, 3.05) is 19.0 Å². The van der Waals surface area contributed by atoms with Crippen LogP contribution in [0.3, 0.4) is 0 Å². The minimum atomic E-state index is -0.705. The van der Waals surface area contributed by atoms with Gasteiger partial charge in [-0.25, -0.2) is 0 Å². The van der Waals surface area contributed by atoms with Crippen molar-refractivity contribution < 1.29 is 9.53 Å². The zero-order valence-electron chi connectivity index (χ0n) is 12.2. The summed E-state index contributed by atoms with van der Waals surface area (Å²) in [7, 11) is 0. The topological polar surface area (TPSA) is 64.4 Å². The molecule has 1 saturated carbocycles. The highest BCUT2D eigenvalue weighted by Gasteiger charge is 2.37. The van der Waals surface area contributed by atoms with E-state index >= 15 is 0 Å². The highest BCUT2D eigenvalue weighted by atomic mass is 35.5. The van der Waals surface area contributed by atoms with E-state index in [1.165, 1.54) is 12.8 Å². The van der Waals surface area contributed by atoms with Crippen molar-refractivity contribution in [1.29, 1.82) is 0 Å². The van der Waals surface area contributed by atoms with Crippen LogP contribution in [0.1, 0.15) is 45.4 Å². The number of carbonyl (C=O) groups is 1. The molecule has 1 aliphatic carbocycles. The minimum absolute atomic E-state index is 0. The Bertz CT molecular complexity index is 310. The van der Waals surface area contributed by atoms with Gasteiger partial charge in [0, 0.05) is 24.5 Å². The number of halogens is 1. The van der Waals surface area contributed by atoms with Crippen LogP contribution in [0.4, 0.5) is 0 Å². The molecule has 3 N–H and O–H groups in total. The van der Waals surface area contributed by atoms with E-state index in [0.717, 1.165) is 18.6 Å². The summed E-state index contributed by atoms with van der Waals surface area (Å²) >= 11 is 2.02. The molecule has 1 heterocycles. The summed E-state index contributed by atoms with van der Waals surface area (Å²) in [6.45, 7) is 3.40. The first kappa shape index (κ1) is 18.1. The zero-order chi connectivity index (χ0) is 13.7. The van der Waals surface area contributed by atoms with Crippen LogP contribution in [0, 0.1) is 0 Å². The van der Waals surface area contributed by atoms with Crippen molar-refractivity contribution in [3.05, 3.63) is 0 Å². The van der Waals surface area contributed by atoms with Gasteiger partial charge in [-0.3, -0.25) is 4.79 Å².